The number of ether oxygens (including phenoxy) is 1. The van der Waals surface area contributed by atoms with Gasteiger partial charge in [0, 0.05) is 17.2 Å². The smallest absolute Gasteiger partial charge is 0.481 e. The maximum Gasteiger partial charge on any atom is 0.490 e. The molecule has 5 heteroatoms. The van der Waals surface area contributed by atoms with E-state index in [0.717, 1.165) is 5.56 Å². The van der Waals surface area contributed by atoms with Crippen LogP contribution in [0.25, 0.3) is 0 Å². The number of rotatable bonds is 3. The fourth-order valence-electron chi connectivity index (χ4n) is 1.21. The van der Waals surface area contributed by atoms with Crippen LogP contribution in [0.2, 0.25) is 0 Å². The maximum atomic E-state index is 8.97. The van der Waals surface area contributed by atoms with E-state index in [9.17, 15) is 0 Å². The van der Waals surface area contributed by atoms with E-state index in [-0.39, 0.29) is 5.92 Å². The Morgan fingerprint density at radius 1 is 1.43 bits per heavy atom. The van der Waals surface area contributed by atoms with Crippen molar-refractivity contribution in [3.63, 3.8) is 0 Å². The van der Waals surface area contributed by atoms with E-state index in [4.69, 9.17) is 14.8 Å². The van der Waals surface area contributed by atoms with Crippen molar-refractivity contribution in [1.82, 2.24) is 4.98 Å². The summed E-state index contributed by atoms with van der Waals surface area (Å²) in [7, 11) is 0.0643. The molecule has 0 aliphatic heterocycles. The van der Waals surface area contributed by atoms with Crippen LogP contribution in [0.5, 0.6) is 5.88 Å². The first-order chi connectivity index (χ1) is 6.56. The Hall–Kier alpha value is -1.07. The molecule has 0 amide bonds. The topological polar surface area (TPSA) is 62.6 Å². The summed E-state index contributed by atoms with van der Waals surface area (Å²) in [6.45, 7) is 3.99. The summed E-state index contributed by atoms with van der Waals surface area (Å²) < 4.78 is 5.07. The van der Waals surface area contributed by atoms with Gasteiger partial charge in [0.05, 0.1) is 7.11 Å². The zero-order valence-electron chi connectivity index (χ0n) is 8.56. The molecule has 0 spiro atoms. The normalized spacial score (nSPS) is 10.4. The lowest BCUT2D eigenvalue weighted by Gasteiger charge is -2.11. The van der Waals surface area contributed by atoms with Crippen LogP contribution in [-0.4, -0.2) is 29.3 Å². The molecule has 0 aliphatic carbocycles. The highest BCUT2D eigenvalue weighted by Crippen LogP contribution is 2.22. The Kier molecular flexibility index (Phi) is 3.49. The minimum Gasteiger partial charge on any atom is -0.481 e. The Balaban J connectivity index is 3.14. The number of aromatic nitrogens is 1. The molecule has 1 aromatic rings. The van der Waals surface area contributed by atoms with E-state index in [2.05, 4.69) is 4.98 Å². The third kappa shape index (κ3) is 2.24. The summed E-state index contributed by atoms with van der Waals surface area (Å²) in [4.78, 5) is 4.00. The van der Waals surface area contributed by atoms with Gasteiger partial charge < -0.3 is 14.8 Å². The molecule has 0 saturated heterocycles. The molecule has 0 atom stereocenters. The molecule has 1 rings (SSSR count). The predicted octanol–water partition coefficient (Wildman–Crippen LogP) is -0.107. The molecule has 0 bridgehead atoms. The average Bonchev–Trinajstić information content (AvgIpc) is 2.16. The summed E-state index contributed by atoms with van der Waals surface area (Å²) in [5, 5.41) is 17.9. The molecule has 1 aromatic heterocycles. The fourth-order valence-corrected chi connectivity index (χ4v) is 1.21. The number of pyridine rings is 1. The lowest BCUT2D eigenvalue weighted by Crippen LogP contribution is -2.30. The molecule has 0 unspecified atom stereocenters. The molecule has 0 aromatic carbocycles. The first kappa shape index (κ1) is 11.0. The van der Waals surface area contributed by atoms with Crippen molar-refractivity contribution in [2.24, 2.45) is 0 Å². The van der Waals surface area contributed by atoms with Crippen molar-refractivity contribution in [3.05, 3.63) is 17.8 Å². The van der Waals surface area contributed by atoms with Gasteiger partial charge in [-0.05, 0) is 5.92 Å². The molecule has 4 nitrogen and oxygen atoms in total. The minimum atomic E-state index is -1.48. The van der Waals surface area contributed by atoms with Gasteiger partial charge in [0.2, 0.25) is 5.88 Å². The number of methoxy groups -OCH3 is 1. The molecule has 2 N–H and O–H groups in total. The van der Waals surface area contributed by atoms with Crippen molar-refractivity contribution in [2.75, 3.05) is 7.11 Å². The van der Waals surface area contributed by atoms with Crippen LogP contribution in [0.4, 0.5) is 0 Å². The maximum absolute atomic E-state index is 8.97. The summed E-state index contributed by atoms with van der Waals surface area (Å²) in [5.74, 6) is 0.764. The van der Waals surface area contributed by atoms with Gasteiger partial charge in [-0.1, -0.05) is 19.9 Å². The van der Waals surface area contributed by atoms with E-state index >= 15 is 0 Å². The number of nitrogens with zero attached hydrogens (tertiary/aromatic N) is 1. The molecule has 1 heterocycles. The van der Waals surface area contributed by atoms with Gasteiger partial charge in [0.1, 0.15) is 0 Å². The van der Waals surface area contributed by atoms with Crippen LogP contribution in [-0.2, 0) is 0 Å². The minimum absolute atomic E-state index is 0.233. The third-order valence-electron chi connectivity index (χ3n) is 2.01. The highest BCUT2D eigenvalue weighted by Gasteiger charge is 2.16. The van der Waals surface area contributed by atoms with Crippen LogP contribution in [0.3, 0.4) is 0 Å². The highest BCUT2D eigenvalue weighted by molar-refractivity contribution is 6.58. The van der Waals surface area contributed by atoms with Gasteiger partial charge >= 0.3 is 7.12 Å². The summed E-state index contributed by atoms with van der Waals surface area (Å²) >= 11 is 0. The standard InChI is InChI=1S/C9H14BNO3/c1-6(2)8-4-7(10(12)13)5-11-9(8)14-3/h4-6,12-13H,1-3H3. The molecule has 0 radical (unpaired) electrons. The van der Waals surface area contributed by atoms with Gasteiger partial charge in [-0.15, -0.1) is 0 Å². The second kappa shape index (κ2) is 4.44. The van der Waals surface area contributed by atoms with Gasteiger partial charge in [0.15, 0.2) is 0 Å². The quantitative estimate of drug-likeness (QED) is 0.660. The van der Waals surface area contributed by atoms with Crippen molar-refractivity contribution in [3.8, 4) is 5.88 Å². The molecular formula is C9H14BNO3. The number of hydrogen-bond acceptors (Lipinski definition) is 4. The Morgan fingerprint density at radius 2 is 2.07 bits per heavy atom. The highest BCUT2D eigenvalue weighted by atomic mass is 16.5. The lowest BCUT2D eigenvalue weighted by atomic mass is 9.80. The second-order valence-electron chi connectivity index (χ2n) is 3.40. The largest absolute Gasteiger partial charge is 0.490 e. The van der Waals surface area contributed by atoms with E-state index in [1.165, 1.54) is 6.20 Å². The lowest BCUT2D eigenvalue weighted by molar-refractivity contribution is 0.390. The molecule has 0 aliphatic rings. The molecule has 0 fully saturated rings. The first-order valence-electron chi connectivity index (χ1n) is 4.46. The van der Waals surface area contributed by atoms with Gasteiger partial charge in [-0.3, -0.25) is 0 Å². The van der Waals surface area contributed by atoms with Gasteiger partial charge in [0.25, 0.3) is 0 Å². The third-order valence-corrected chi connectivity index (χ3v) is 2.01. The number of hydrogen-bond donors (Lipinski definition) is 2. The summed E-state index contributed by atoms with van der Waals surface area (Å²) in [6.07, 6.45) is 1.40. The zero-order valence-corrected chi connectivity index (χ0v) is 8.56. The zero-order chi connectivity index (χ0) is 10.7. The van der Waals surface area contributed by atoms with E-state index in [1.807, 2.05) is 13.8 Å². The van der Waals surface area contributed by atoms with Crippen LogP contribution in [0, 0.1) is 0 Å². The Morgan fingerprint density at radius 3 is 2.50 bits per heavy atom. The van der Waals surface area contributed by atoms with Crippen LogP contribution >= 0.6 is 0 Å². The predicted molar refractivity (Wildman–Crippen MR) is 54.7 cm³/mol. The first-order valence-corrected chi connectivity index (χ1v) is 4.46. The summed E-state index contributed by atoms with van der Waals surface area (Å²) in [6, 6.07) is 1.70. The van der Waals surface area contributed by atoms with Crippen LogP contribution in [0.1, 0.15) is 25.3 Å². The van der Waals surface area contributed by atoms with Crippen molar-refractivity contribution in [1.29, 1.82) is 0 Å². The molecule has 14 heavy (non-hydrogen) atoms. The monoisotopic (exact) mass is 195 g/mol. The second-order valence-corrected chi connectivity index (χ2v) is 3.40. The van der Waals surface area contributed by atoms with Crippen LogP contribution in [0.15, 0.2) is 12.3 Å². The molecule has 76 valence electrons. The van der Waals surface area contributed by atoms with Crippen molar-refractivity contribution in [2.45, 2.75) is 19.8 Å². The van der Waals surface area contributed by atoms with Crippen molar-refractivity contribution < 1.29 is 14.8 Å². The van der Waals surface area contributed by atoms with Crippen LogP contribution < -0.4 is 10.2 Å². The molecule has 0 saturated carbocycles. The van der Waals surface area contributed by atoms with Crippen molar-refractivity contribution >= 4 is 12.6 Å². The Labute approximate surface area is 83.7 Å². The van der Waals surface area contributed by atoms with E-state index in [1.54, 1.807) is 13.2 Å². The van der Waals surface area contributed by atoms with Gasteiger partial charge in [-0.25, -0.2) is 4.98 Å². The van der Waals surface area contributed by atoms with E-state index < -0.39 is 7.12 Å². The molecular weight excluding hydrogens is 181 g/mol. The SMILES string of the molecule is COc1ncc(B(O)O)cc1C(C)C. The summed E-state index contributed by atoms with van der Waals surface area (Å²) in [5.41, 5.74) is 1.26. The fraction of sp³-hybridized carbons (Fsp3) is 0.444. The van der Waals surface area contributed by atoms with Gasteiger partial charge in [-0.2, -0.15) is 0 Å². The average molecular weight is 195 g/mol. The Bertz CT molecular complexity index is 315. The van der Waals surface area contributed by atoms with E-state index in [0.29, 0.717) is 11.3 Å².